The topological polar surface area (TPSA) is 3.24 Å². The van der Waals surface area contributed by atoms with Gasteiger partial charge in [-0.2, -0.15) is 0 Å². The Morgan fingerprint density at radius 2 is 1.11 bits per heavy atom. The van der Waals surface area contributed by atoms with Crippen LogP contribution in [0.1, 0.15) is 0 Å². The first-order valence-corrected chi connectivity index (χ1v) is 9.04. The number of hydrogen-bond donors (Lipinski definition) is 0. The molecule has 0 bridgehead atoms. The van der Waals surface area contributed by atoms with Crippen molar-refractivity contribution in [1.82, 2.24) is 0 Å². The van der Waals surface area contributed by atoms with Crippen molar-refractivity contribution in [2.45, 2.75) is 0 Å². The highest BCUT2D eigenvalue weighted by molar-refractivity contribution is 6.03. The van der Waals surface area contributed by atoms with Gasteiger partial charge in [0.1, 0.15) is 0 Å². The van der Waals surface area contributed by atoms with E-state index in [2.05, 4.69) is 103 Å². The maximum absolute atomic E-state index is 4.05. The Labute approximate surface area is 160 Å². The number of allylic oxidation sites excluding steroid dienone is 3. The van der Waals surface area contributed by atoms with Gasteiger partial charge in [-0.1, -0.05) is 92.0 Å². The van der Waals surface area contributed by atoms with E-state index in [-0.39, 0.29) is 0 Å². The Kier molecular flexibility index (Phi) is 4.59. The molecule has 0 aliphatic heterocycles. The summed E-state index contributed by atoms with van der Waals surface area (Å²) in [5, 5.41) is 4.82. The minimum Gasteiger partial charge on any atom is -0.309 e. The molecule has 4 aromatic carbocycles. The lowest BCUT2D eigenvalue weighted by atomic mass is 10.0. The van der Waals surface area contributed by atoms with Gasteiger partial charge in [-0.05, 0) is 35.1 Å². The van der Waals surface area contributed by atoms with Crippen LogP contribution in [0.4, 0.5) is 11.4 Å². The van der Waals surface area contributed by atoms with E-state index in [9.17, 15) is 0 Å². The van der Waals surface area contributed by atoms with E-state index in [1.807, 2.05) is 12.2 Å². The smallest absolute Gasteiger partial charge is 0.0540 e. The molecule has 0 saturated carbocycles. The summed E-state index contributed by atoms with van der Waals surface area (Å²) in [6.45, 7) is 7.95. The van der Waals surface area contributed by atoms with Crippen LogP contribution in [0.3, 0.4) is 0 Å². The molecule has 0 radical (unpaired) electrons. The molecule has 4 aromatic rings. The van der Waals surface area contributed by atoms with Crippen LogP contribution in [0.15, 0.2) is 122 Å². The molecule has 0 amide bonds. The molecule has 1 nitrogen and oxygen atoms in total. The maximum Gasteiger partial charge on any atom is 0.0540 e. The minimum absolute atomic E-state index is 0.984. The highest BCUT2D eigenvalue weighted by Crippen LogP contribution is 2.39. The molecule has 4 rings (SSSR count). The van der Waals surface area contributed by atoms with Crippen molar-refractivity contribution < 1.29 is 0 Å². The van der Waals surface area contributed by atoms with Gasteiger partial charge in [-0.3, -0.25) is 0 Å². The quantitative estimate of drug-likeness (QED) is 0.340. The molecule has 0 saturated heterocycles. The third-order valence-corrected chi connectivity index (χ3v) is 4.77. The molecule has 0 aliphatic carbocycles. The van der Waals surface area contributed by atoms with Crippen molar-refractivity contribution in [1.29, 1.82) is 0 Å². The molecule has 0 fully saturated rings. The Morgan fingerprint density at radius 1 is 0.630 bits per heavy atom. The summed E-state index contributed by atoms with van der Waals surface area (Å²) in [6, 6.07) is 29.7. The third kappa shape index (κ3) is 3.04. The lowest BCUT2D eigenvalue weighted by Crippen LogP contribution is -2.15. The summed E-state index contributed by atoms with van der Waals surface area (Å²) >= 11 is 0. The van der Waals surface area contributed by atoms with E-state index in [0.29, 0.717) is 0 Å². The molecule has 130 valence electrons. The highest BCUT2D eigenvalue weighted by atomic mass is 15.1. The van der Waals surface area contributed by atoms with E-state index in [0.717, 1.165) is 17.1 Å². The second-order valence-electron chi connectivity index (χ2n) is 6.36. The van der Waals surface area contributed by atoms with E-state index in [1.54, 1.807) is 6.08 Å². The van der Waals surface area contributed by atoms with Gasteiger partial charge in [0.05, 0.1) is 11.4 Å². The fourth-order valence-electron chi connectivity index (χ4n) is 3.57. The second kappa shape index (κ2) is 7.35. The average Bonchev–Trinajstić information content (AvgIpc) is 2.73. The monoisotopic (exact) mass is 347 g/mol. The highest BCUT2D eigenvalue weighted by Gasteiger charge is 2.17. The van der Waals surface area contributed by atoms with Crippen LogP contribution in [0.5, 0.6) is 0 Å². The van der Waals surface area contributed by atoms with Crippen LogP contribution in [0.25, 0.3) is 21.5 Å². The lowest BCUT2D eigenvalue weighted by molar-refractivity contribution is 1.23. The normalized spacial score (nSPS) is 11.5. The van der Waals surface area contributed by atoms with Crippen LogP contribution < -0.4 is 4.90 Å². The first-order valence-electron chi connectivity index (χ1n) is 9.04. The fraction of sp³-hybridized carbons (Fsp3) is 0. The Bertz CT molecular complexity index is 1080. The number of nitrogens with zero attached hydrogens (tertiary/aromatic N) is 1. The van der Waals surface area contributed by atoms with Gasteiger partial charge in [-0.15, -0.1) is 0 Å². The van der Waals surface area contributed by atoms with E-state index in [4.69, 9.17) is 0 Å². The number of hydrogen-bond acceptors (Lipinski definition) is 1. The summed E-state index contributed by atoms with van der Waals surface area (Å²) in [4.78, 5) is 2.26. The van der Waals surface area contributed by atoms with Crippen molar-refractivity contribution in [3.05, 3.63) is 122 Å². The first-order chi connectivity index (χ1) is 13.3. The SMILES string of the molecule is C=C/C=C(\C=C)N(c1cccc2ccccc12)c1cccc2ccccc12. The van der Waals surface area contributed by atoms with E-state index >= 15 is 0 Å². The third-order valence-electron chi connectivity index (χ3n) is 4.77. The second-order valence-corrected chi connectivity index (χ2v) is 6.36. The number of benzene rings is 4. The van der Waals surface area contributed by atoms with E-state index in [1.165, 1.54) is 21.5 Å². The molecule has 1 heteroatoms. The van der Waals surface area contributed by atoms with Crippen LogP contribution in [0, 0.1) is 0 Å². The molecule has 0 atom stereocenters. The molecular formula is C26H21N. The van der Waals surface area contributed by atoms with Crippen molar-refractivity contribution in [2.24, 2.45) is 0 Å². The standard InChI is InChI=1S/C26H21N/c1-3-11-22(4-2)27(25-18-9-14-20-12-5-7-16-23(20)25)26-19-10-15-21-13-6-8-17-24(21)26/h3-19H,1-2H2/b22-11+. The summed E-state index contributed by atoms with van der Waals surface area (Å²) in [5.74, 6) is 0. The van der Waals surface area contributed by atoms with Crippen molar-refractivity contribution in [2.75, 3.05) is 4.90 Å². The Balaban J connectivity index is 2.07. The summed E-state index contributed by atoms with van der Waals surface area (Å²) in [7, 11) is 0. The van der Waals surface area contributed by atoms with Gasteiger partial charge in [0.2, 0.25) is 0 Å². The summed E-state index contributed by atoms with van der Waals surface area (Å²) in [5.41, 5.74) is 3.23. The van der Waals surface area contributed by atoms with E-state index < -0.39 is 0 Å². The zero-order chi connectivity index (χ0) is 18.6. The van der Waals surface area contributed by atoms with Gasteiger partial charge in [0.15, 0.2) is 0 Å². The largest absolute Gasteiger partial charge is 0.309 e. The van der Waals surface area contributed by atoms with Crippen LogP contribution in [-0.2, 0) is 0 Å². The van der Waals surface area contributed by atoms with Gasteiger partial charge in [-0.25, -0.2) is 0 Å². The molecule has 27 heavy (non-hydrogen) atoms. The molecule has 0 heterocycles. The Morgan fingerprint density at radius 3 is 1.59 bits per heavy atom. The van der Waals surface area contributed by atoms with Crippen LogP contribution >= 0.6 is 0 Å². The molecule has 0 aliphatic rings. The molecular weight excluding hydrogens is 326 g/mol. The zero-order valence-corrected chi connectivity index (χ0v) is 15.2. The lowest BCUT2D eigenvalue weighted by Gasteiger charge is -2.28. The van der Waals surface area contributed by atoms with Crippen molar-refractivity contribution in [3.63, 3.8) is 0 Å². The molecule has 0 aromatic heterocycles. The van der Waals surface area contributed by atoms with Crippen LogP contribution in [-0.4, -0.2) is 0 Å². The van der Waals surface area contributed by atoms with Crippen LogP contribution in [0.2, 0.25) is 0 Å². The van der Waals surface area contributed by atoms with Gasteiger partial charge in [0.25, 0.3) is 0 Å². The van der Waals surface area contributed by atoms with Gasteiger partial charge in [0, 0.05) is 16.5 Å². The zero-order valence-electron chi connectivity index (χ0n) is 15.2. The Hall–Kier alpha value is -3.58. The predicted octanol–water partition coefficient (Wildman–Crippen LogP) is 7.39. The maximum atomic E-state index is 4.05. The summed E-state index contributed by atoms with van der Waals surface area (Å²) < 4.78 is 0. The predicted molar refractivity (Wildman–Crippen MR) is 119 cm³/mol. The van der Waals surface area contributed by atoms with Gasteiger partial charge >= 0.3 is 0 Å². The number of anilines is 2. The van der Waals surface area contributed by atoms with Gasteiger partial charge < -0.3 is 4.90 Å². The summed E-state index contributed by atoms with van der Waals surface area (Å²) in [6.07, 6.45) is 5.68. The average molecular weight is 347 g/mol. The number of fused-ring (bicyclic) bond motifs is 2. The molecule has 0 unspecified atom stereocenters. The molecule has 0 spiro atoms. The minimum atomic E-state index is 0.984. The van der Waals surface area contributed by atoms with Crippen molar-refractivity contribution in [3.8, 4) is 0 Å². The fourth-order valence-corrected chi connectivity index (χ4v) is 3.57. The number of rotatable bonds is 5. The first kappa shape index (κ1) is 16.9. The molecule has 0 N–H and O–H groups in total. The van der Waals surface area contributed by atoms with Crippen molar-refractivity contribution >= 4 is 32.9 Å².